The van der Waals surface area contributed by atoms with Gasteiger partial charge in [-0.05, 0) is 60.4 Å². The zero-order valence-corrected chi connectivity index (χ0v) is 26.3. The summed E-state index contributed by atoms with van der Waals surface area (Å²) in [6.07, 6.45) is 12.0. The van der Waals surface area contributed by atoms with E-state index in [1.807, 2.05) is 60.7 Å². The topological polar surface area (TPSA) is 113 Å². The van der Waals surface area contributed by atoms with E-state index in [2.05, 4.69) is 34.4 Å². The summed E-state index contributed by atoms with van der Waals surface area (Å²) < 4.78 is 5.87. The van der Waals surface area contributed by atoms with Crippen molar-refractivity contribution in [1.29, 1.82) is 0 Å². The van der Waals surface area contributed by atoms with Gasteiger partial charge >= 0.3 is 5.97 Å². The van der Waals surface area contributed by atoms with Crippen molar-refractivity contribution in [3.05, 3.63) is 96.3 Å². The molecule has 1 atom stereocenters. The number of rotatable bonds is 18. The van der Waals surface area contributed by atoms with Crippen LogP contribution in [0.25, 0.3) is 22.5 Å². The van der Waals surface area contributed by atoms with Crippen molar-refractivity contribution < 1.29 is 19.4 Å². The highest BCUT2D eigenvalue weighted by molar-refractivity contribution is 5.97. The van der Waals surface area contributed by atoms with Crippen LogP contribution in [0.15, 0.2) is 85.2 Å². The molecule has 4 rings (SSSR count). The van der Waals surface area contributed by atoms with Gasteiger partial charge < -0.3 is 20.5 Å². The molecule has 0 fully saturated rings. The maximum Gasteiger partial charge on any atom is 0.326 e. The molecule has 0 saturated carbocycles. The van der Waals surface area contributed by atoms with E-state index in [0.717, 1.165) is 66.1 Å². The molecule has 1 unspecified atom stereocenters. The summed E-state index contributed by atoms with van der Waals surface area (Å²) >= 11 is 0. The van der Waals surface area contributed by atoms with Crippen LogP contribution in [0.2, 0.25) is 0 Å². The smallest absolute Gasteiger partial charge is 0.326 e. The number of ether oxygens (including phenoxy) is 1. The van der Waals surface area contributed by atoms with E-state index in [0.29, 0.717) is 11.4 Å². The molecule has 1 heterocycles. The summed E-state index contributed by atoms with van der Waals surface area (Å²) in [4.78, 5) is 33.8. The number of unbranched alkanes of at least 4 members (excludes halogenated alkanes) is 5. The van der Waals surface area contributed by atoms with Crippen LogP contribution in [-0.4, -0.2) is 46.1 Å². The highest BCUT2D eigenvalue weighted by atomic mass is 16.5. The van der Waals surface area contributed by atoms with Gasteiger partial charge in [0.05, 0.1) is 6.61 Å². The van der Waals surface area contributed by atoms with Crippen LogP contribution in [0.5, 0.6) is 5.75 Å². The minimum atomic E-state index is -1.09. The molecule has 1 aromatic heterocycles. The van der Waals surface area contributed by atoms with E-state index in [9.17, 15) is 14.7 Å². The second-order valence-corrected chi connectivity index (χ2v) is 11.2. The number of amides is 1. The molecule has 0 aliphatic rings. The van der Waals surface area contributed by atoms with Crippen molar-refractivity contribution in [2.45, 2.75) is 71.3 Å². The standard InChI is InChI=1S/C37H44N4O4/c1-3-5-7-8-9-23-45-33-20-16-28(17-21-33)31-25-39-35(40-26-31)29-12-10-27(11-13-29)24-34(37(43)44)41-36(42)30-14-18-32(19-15-30)38-22-6-4-2/h10-21,25-26,34,38H,3-9,22-24H2,1-2H3,(H,41,42)(H,43,44). The summed E-state index contributed by atoms with van der Waals surface area (Å²) in [5.74, 6) is -0.0798. The molecule has 0 saturated heterocycles. The minimum absolute atomic E-state index is 0.149. The molecule has 0 bridgehead atoms. The van der Waals surface area contributed by atoms with E-state index in [4.69, 9.17) is 4.74 Å². The predicted molar refractivity (Wildman–Crippen MR) is 180 cm³/mol. The van der Waals surface area contributed by atoms with Crippen LogP contribution in [0, 0.1) is 0 Å². The Balaban J connectivity index is 1.30. The molecule has 3 aromatic carbocycles. The molecule has 0 radical (unpaired) electrons. The van der Waals surface area contributed by atoms with Crippen molar-refractivity contribution in [3.8, 4) is 28.3 Å². The monoisotopic (exact) mass is 608 g/mol. The van der Waals surface area contributed by atoms with Crippen LogP contribution < -0.4 is 15.4 Å². The number of carbonyl (C=O) groups is 2. The minimum Gasteiger partial charge on any atom is -0.494 e. The Bertz CT molecular complexity index is 1470. The first-order valence-corrected chi connectivity index (χ1v) is 16.0. The zero-order valence-electron chi connectivity index (χ0n) is 26.3. The Hall–Kier alpha value is -4.72. The van der Waals surface area contributed by atoms with Crippen LogP contribution in [0.1, 0.15) is 74.7 Å². The normalized spacial score (nSPS) is 11.5. The van der Waals surface area contributed by atoms with Crippen molar-refractivity contribution >= 4 is 17.6 Å². The predicted octanol–water partition coefficient (Wildman–Crippen LogP) is 7.80. The Kier molecular flexibility index (Phi) is 12.9. The number of nitrogens with zero attached hydrogens (tertiary/aromatic N) is 2. The highest BCUT2D eigenvalue weighted by Gasteiger charge is 2.21. The Morgan fingerprint density at radius 3 is 2.04 bits per heavy atom. The lowest BCUT2D eigenvalue weighted by molar-refractivity contribution is -0.139. The van der Waals surface area contributed by atoms with Gasteiger partial charge in [0.1, 0.15) is 11.8 Å². The second-order valence-electron chi connectivity index (χ2n) is 11.2. The molecular weight excluding hydrogens is 564 g/mol. The summed E-state index contributed by atoms with van der Waals surface area (Å²) in [5, 5.41) is 15.7. The molecule has 3 N–H and O–H groups in total. The first-order chi connectivity index (χ1) is 22.0. The molecule has 4 aromatic rings. The maximum absolute atomic E-state index is 12.8. The molecule has 1 amide bonds. The highest BCUT2D eigenvalue weighted by Crippen LogP contribution is 2.24. The Morgan fingerprint density at radius 1 is 0.756 bits per heavy atom. The van der Waals surface area contributed by atoms with E-state index in [-0.39, 0.29) is 6.42 Å². The number of carbonyl (C=O) groups excluding carboxylic acids is 1. The van der Waals surface area contributed by atoms with E-state index in [1.54, 1.807) is 24.5 Å². The number of hydrogen-bond acceptors (Lipinski definition) is 6. The molecule has 0 aliphatic heterocycles. The quantitative estimate of drug-likeness (QED) is 0.0988. The Morgan fingerprint density at radius 2 is 1.40 bits per heavy atom. The van der Waals surface area contributed by atoms with Crippen molar-refractivity contribution in [2.75, 3.05) is 18.5 Å². The fourth-order valence-electron chi connectivity index (χ4n) is 4.88. The van der Waals surface area contributed by atoms with Crippen LogP contribution in [0.4, 0.5) is 5.69 Å². The van der Waals surface area contributed by atoms with E-state index in [1.165, 1.54) is 25.7 Å². The Labute approximate surface area is 266 Å². The third-order valence-electron chi connectivity index (χ3n) is 7.62. The SMILES string of the molecule is CCCCCCCOc1ccc(-c2cnc(-c3ccc(CC(NC(=O)c4ccc(NCCCC)cc4)C(=O)O)cc3)nc2)cc1. The molecular formula is C37H44N4O4. The fourth-order valence-corrected chi connectivity index (χ4v) is 4.88. The number of aliphatic carboxylic acids is 1. The fraction of sp³-hybridized carbons (Fsp3) is 0.351. The van der Waals surface area contributed by atoms with Gasteiger partial charge in [0.15, 0.2) is 5.82 Å². The number of hydrogen-bond donors (Lipinski definition) is 3. The van der Waals surface area contributed by atoms with Crippen LogP contribution in [0.3, 0.4) is 0 Å². The number of benzene rings is 3. The summed E-state index contributed by atoms with van der Waals surface area (Å²) in [7, 11) is 0. The molecule has 45 heavy (non-hydrogen) atoms. The molecule has 8 nitrogen and oxygen atoms in total. The number of carboxylic acids is 1. The van der Waals surface area contributed by atoms with Gasteiger partial charge in [0, 0.05) is 47.7 Å². The van der Waals surface area contributed by atoms with Crippen molar-refractivity contribution in [2.24, 2.45) is 0 Å². The number of aromatic nitrogens is 2. The lowest BCUT2D eigenvalue weighted by Crippen LogP contribution is -2.42. The number of anilines is 1. The summed E-state index contributed by atoms with van der Waals surface area (Å²) in [6.45, 7) is 5.94. The molecule has 0 spiro atoms. The van der Waals surface area contributed by atoms with E-state index < -0.39 is 17.9 Å². The second kappa shape index (κ2) is 17.5. The van der Waals surface area contributed by atoms with Gasteiger partial charge in [-0.3, -0.25) is 4.79 Å². The van der Waals surface area contributed by atoms with Gasteiger partial charge in [-0.2, -0.15) is 0 Å². The van der Waals surface area contributed by atoms with Crippen molar-refractivity contribution in [1.82, 2.24) is 15.3 Å². The van der Waals surface area contributed by atoms with Crippen LogP contribution >= 0.6 is 0 Å². The van der Waals surface area contributed by atoms with Gasteiger partial charge in [-0.1, -0.05) is 82.3 Å². The van der Waals surface area contributed by atoms with Gasteiger partial charge in [0.25, 0.3) is 5.91 Å². The maximum atomic E-state index is 12.8. The number of nitrogens with one attached hydrogen (secondary N) is 2. The third-order valence-corrected chi connectivity index (χ3v) is 7.62. The average molecular weight is 609 g/mol. The lowest BCUT2D eigenvalue weighted by Gasteiger charge is -2.15. The molecule has 0 aliphatic carbocycles. The first-order valence-electron chi connectivity index (χ1n) is 16.0. The zero-order chi connectivity index (χ0) is 31.9. The van der Waals surface area contributed by atoms with Gasteiger partial charge in [-0.15, -0.1) is 0 Å². The lowest BCUT2D eigenvalue weighted by atomic mass is 10.0. The van der Waals surface area contributed by atoms with Crippen molar-refractivity contribution in [3.63, 3.8) is 0 Å². The van der Waals surface area contributed by atoms with E-state index >= 15 is 0 Å². The van der Waals surface area contributed by atoms with Crippen LogP contribution in [-0.2, 0) is 11.2 Å². The summed E-state index contributed by atoms with van der Waals surface area (Å²) in [5.41, 5.74) is 4.85. The van der Waals surface area contributed by atoms with Gasteiger partial charge in [-0.25, -0.2) is 14.8 Å². The first kappa shape index (κ1) is 33.2. The van der Waals surface area contributed by atoms with Gasteiger partial charge in [0.2, 0.25) is 0 Å². The molecule has 236 valence electrons. The average Bonchev–Trinajstić information content (AvgIpc) is 3.07. The largest absolute Gasteiger partial charge is 0.494 e. The molecule has 8 heteroatoms. The number of carboxylic acid groups (broad SMARTS) is 1. The summed E-state index contributed by atoms with van der Waals surface area (Å²) in [6, 6.07) is 21.4. The third kappa shape index (κ3) is 10.4.